The van der Waals surface area contributed by atoms with E-state index in [1.807, 2.05) is 26.0 Å². The minimum Gasteiger partial charge on any atom is -0.466 e. The van der Waals surface area contributed by atoms with Crippen molar-refractivity contribution in [1.29, 1.82) is 0 Å². The van der Waals surface area contributed by atoms with E-state index in [2.05, 4.69) is 4.90 Å². The predicted octanol–water partition coefficient (Wildman–Crippen LogP) is 2.43. The number of ether oxygens (including phenoxy) is 1. The summed E-state index contributed by atoms with van der Waals surface area (Å²) in [6.45, 7) is 6.60. The van der Waals surface area contributed by atoms with Crippen LogP contribution in [0.1, 0.15) is 42.1 Å². The van der Waals surface area contributed by atoms with Gasteiger partial charge in [-0.05, 0) is 51.4 Å². The molecule has 1 aromatic carbocycles. The first-order valence-corrected chi connectivity index (χ1v) is 8.29. The lowest BCUT2D eigenvalue weighted by Gasteiger charge is -2.30. The molecule has 23 heavy (non-hydrogen) atoms. The topological polar surface area (TPSA) is 72.6 Å². The van der Waals surface area contributed by atoms with Crippen molar-refractivity contribution in [2.75, 3.05) is 32.0 Å². The fourth-order valence-corrected chi connectivity index (χ4v) is 2.87. The molecule has 1 heterocycles. The molecule has 1 saturated heterocycles. The van der Waals surface area contributed by atoms with Crippen LogP contribution in [0.2, 0.25) is 0 Å². The highest BCUT2D eigenvalue weighted by molar-refractivity contribution is 5.97. The van der Waals surface area contributed by atoms with Crippen LogP contribution >= 0.6 is 0 Å². The van der Waals surface area contributed by atoms with Crippen molar-refractivity contribution in [2.45, 2.75) is 33.1 Å². The lowest BCUT2D eigenvalue weighted by atomic mass is 9.96. The van der Waals surface area contributed by atoms with Gasteiger partial charge in [0.2, 0.25) is 0 Å². The number of esters is 1. The van der Waals surface area contributed by atoms with Crippen molar-refractivity contribution < 1.29 is 14.3 Å². The number of carbonyl (C=O) groups is 2. The molecule has 0 aromatic heterocycles. The number of nitrogen functional groups attached to an aromatic ring is 1. The van der Waals surface area contributed by atoms with Gasteiger partial charge in [0.1, 0.15) is 0 Å². The molecule has 1 fully saturated rings. The smallest absolute Gasteiger partial charge is 0.309 e. The Balaban J connectivity index is 1.77. The second kappa shape index (κ2) is 8.11. The second-order valence-corrected chi connectivity index (χ2v) is 6.11. The van der Waals surface area contributed by atoms with Gasteiger partial charge in [-0.15, -0.1) is 0 Å². The Hall–Kier alpha value is -1.88. The second-order valence-electron chi connectivity index (χ2n) is 6.11. The van der Waals surface area contributed by atoms with Gasteiger partial charge in [0.15, 0.2) is 5.78 Å². The summed E-state index contributed by atoms with van der Waals surface area (Å²) in [5, 5.41) is 0. The highest BCUT2D eigenvalue weighted by atomic mass is 16.5. The third-order valence-corrected chi connectivity index (χ3v) is 4.46. The summed E-state index contributed by atoms with van der Waals surface area (Å²) in [5.74, 6) is 0.0429. The van der Waals surface area contributed by atoms with Crippen LogP contribution in [0.3, 0.4) is 0 Å². The number of anilines is 1. The Morgan fingerprint density at radius 3 is 2.61 bits per heavy atom. The van der Waals surface area contributed by atoms with Crippen LogP contribution in [0.15, 0.2) is 18.2 Å². The van der Waals surface area contributed by atoms with Gasteiger partial charge in [0.25, 0.3) is 0 Å². The van der Waals surface area contributed by atoms with Crippen molar-refractivity contribution in [1.82, 2.24) is 4.90 Å². The number of ketones is 1. The third-order valence-electron chi connectivity index (χ3n) is 4.46. The van der Waals surface area contributed by atoms with Crippen LogP contribution in [0, 0.1) is 12.8 Å². The Morgan fingerprint density at radius 1 is 1.30 bits per heavy atom. The number of hydrogen-bond donors (Lipinski definition) is 1. The summed E-state index contributed by atoms with van der Waals surface area (Å²) >= 11 is 0. The zero-order valence-corrected chi connectivity index (χ0v) is 14.0. The van der Waals surface area contributed by atoms with E-state index >= 15 is 0 Å². The normalized spacial score (nSPS) is 16.3. The molecule has 0 radical (unpaired) electrons. The highest BCUT2D eigenvalue weighted by Gasteiger charge is 2.26. The minimum atomic E-state index is -0.0849. The largest absolute Gasteiger partial charge is 0.466 e. The van der Waals surface area contributed by atoms with E-state index in [4.69, 9.17) is 10.5 Å². The Kier molecular flexibility index (Phi) is 6.16. The Labute approximate surface area is 137 Å². The predicted molar refractivity (Wildman–Crippen MR) is 90.3 cm³/mol. The number of nitrogens with two attached hydrogens (primary N) is 1. The molecular weight excluding hydrogens is 292 g/mol. The van der Waals surface area contributed by atoms with Gasteiger partial charge in [0, 0.05) is 24.2 Å². The van der Waals surface area contributed by atoms with Crippen LogP contribution in [0.4, 0.5) is 5.69 Å². The van der Waals surface area contributed by atoms with Crippen LogP contribution in [0.25, 0.3) is 0 Å². The van der Waals surface area contributed by atoms with Crippen molar-refractivity contribution in [3.8, 4) is 0 Å². The summed E-state index contributed by atoms with van der Waals surface area (Å²) in [5.41, 5.74) is 8.18. The number of likely N-dealkylation sites (tertiary alicyclic amines) is 1. The molecule has 126 valence electrons. The fourth-order valence-electron chi connectivity index (χ4n) is 2.87. The van der Waals surface area contributed by atoms with E-state index in [0.29, 0.717) is 24.3 Å². The number of piperidine rings is 1. The van der Waals surface area contributed by atoms with Gasteiger partial charge < -0.3 is 15.4 Å². The first-order chi connectivity index (χ1) is 11.0. The molecule has 1 aromatic rings. The first-order valence-electron chi connectivity index (χ1n) is 8.29. The lowest BCUT2D eigenvalue weighted by Crippen LogP contribution is -2.38. The van der Waals surface area contributed by atoms with Crippen LogP contribution < -0.4 is 5.73 Å². The zero-order chi connectivity index (χ0) is 16.8. The van der Waals surface area contributed by atoms with Crippen molar-refractivity contribution >= 4 is 17.4 Å². The first kappa shape index (κ1) is 17.5. The van der Waals surface area contributed by atoms with Crippen molar-refractivity contribution in [2.24, 2.45) is 5.92 Å². The summed E-state index contributed by atoms with van der Waals surface area (Å²) in [4.78, 5) is 26.2. The van der Waals surface area contributed by atoms with E-state index in [0.717, 1.165) is 38.0 Å². The Bertz CT molecular complexity index is 563. The van der Waals surface area contributed by atoms with Crippen molar-refractivity contribution in [3.05, 3.63) is 29.3 Å². The van der Waals surface area contributed by atoms with E-state index < -0.39 is 0 Å². The number of rotatable bonds is 6. The van der Waals surface area contributed by atoms with E-state index in [9.17, 15) is 9.59 Å². The van der Waals surface area contributed by atoms with Crippen LogP contribution in [0.5, 0.6) is 0 Å². The molecule has 0 atom stereocenters. The molecule has 0 bridgehead atoms. The maximum Gasteiger partial charge on any atom is 0.309 e. The maximum atomic E-state index is 12.3. The fraction of sp³-hybridized carbons (Fsp3) is 0.556. The van der Waals surface area contributed by atoms with Gasteiger partial charge in [-0.1, -0.05) is 12.1 Å². The third kappa shape index (κ3) is 4.79. The average molecular weight is 318 g/mol. The molecule has 2 rings (SSSR count). The molecule has 1 aliphatic rings. The van der Waals surface area contributed by atoms with Gasteiger partial charge in [0.05, 0.1) is 12.5 Å². The number of hydrogen-bond acceptors (Lipinski definition) is 5. The monoisotopic (exact) mass is 318 g/mol. The van der Waals surface area contributed by atoms with Crippen LogP contribution in [-0.4, -0.2) is 42.9 Å². The Morgan fingerprint density at radius 2 is 2.00 bits per heavy atom. The summed E-state index contributed by atoms with van der Waals surface area (Å²) in [6, 6.07) is 5.47. The standard InChI is InChI=1S/C18H26N2O3/c1-3-23-18(22)14-6-9-20(10-7-14)11-8-17(21)15-5-4-13(2)16(19)12-15/h4-5,12,14H,3,6-11,19H2,1-2H3. The molecule has 0 spiro atoms. The number of benzene rings is 1. The van der Waals surface area contributed by atoms with Gasteiger partial charge in [-0.3, -0.25) is 9.59 Å². The molecule has 1 aliphatic heterocycles. The molecular formula is C18H26N2O3. The molecule has 5 heteroatoms. The zero-order valence-electron chi connectivity index (χ0n) is 14.0. The summed E-state index contributed by atoms with van der Waals surface area (Å²) in [6.07, 6.45) is 2.10. The van der Waals surface area contributed by atoms with E-state index in [1.165, 1.54) is 0 Å². The summed E-state index contributed by atoms with van der Waals surface area (Å²) < 4.78 is 5.07. The summed E-state index contributed by atoms with van der Waals surface area (Å²) in [7, 11) is 0. The number of carbonyl (C=O) groups excluding carboxylic acids is 2. The lowest BCUT2D eigenvalue weighted by molar-refractivity contribution is -0.149. The molecule has 0 saturated carbocycles. The molecule has 2 N–H and O–H groups in total. The van der Waals surface area contributed by atoms with Gasteiger partial charge >= 0.3 is 5.97 Å². The number of Topliss-reactive ketones (excluding diaryl/α,β-unsaturated/α-hetero) is 1. The van der Waals surface area contributed by atoms with Crippen molar-refractivity contribution in [3.63, 3.8) is 0 Å². The number of aryl methyl sites for hydroxylation is 1. The molecule has 0 unspecified atom stereocenters. The number of nitrogens with zero attached hydrogens (tertiary/aromatic N) is 1. The SMILES string of the molecule is CCOC(=O)C1CCN(CCC(=O)c2ccc(C)c(N)c2)CC1. The van der Waals surface area contributed by atoms with E-state index in [-0.39, 0.29) is 17.7 Å². The van der Waals surface area contributed by atoms with Gasteiger partial charge in [-0.2, -0.15) is 0 Å². The quantitative estimate of drug-likeness (QED) is 0.495. The van der Waals surface area contributed by atoms with Crippen LogP contribution in [-0.2, 0) is 9.53 Å². The van der Waals surface area contributed by atoms with E-state index in [1.54, 1.807) is 6.07 Å². The molecule has 0 amide bonds. The molecule has 5 nitrogen and oxygen atoms in total. The average Bonchev–Trinajstić information content (AvgIpc) is 2.56. The maximum absolute atomic E-state index is 12.3. The minimum absolute atomic E-state index is 0.0128. The molecule has 0 aliphatic carbocycles. The van der Waals surface area contributed by atoms with Gasteiger partial charge in [-0.25, -0.2) is 0 Å². The highest BCUT2D eigenvalue weighted by Crippen LogP contribution is 2.19.